The van der Waals surface area contributed by atoms with Gasteiger partial charge in [-0.05, 0) is 37.4 Å². The fourth-order valence-electron chi connectivity index (χ4n) is 3.50. The van der Waals surface area contributed by atoms with E-state index in [1.807, 2.05) is 28.8 Å². The van der Waals surface area contributed by atoms with Crippen LogP contribution < -0.4 is 10.9 Å². The van der Waals surface area contributed by atoms with E-state index in [1.165, 1.54) is 31.9 Å². The van der Waals surface area contributed by atoms with Gasteiger partial charge in [0.1, 0.15) is 0 Å². The molecular formula is C17H23N3O. The second-order valence-corrected chi connectivity index (χ2v) is 5.90. The number of nitrogens with zero attached hydrogens (tertiary/aromatic N) is 2. The van der Waals surface area contributed by atoms with Gasteiger partial charge in [-0.15, -0.1) is 0 Å². The summed E-state index contributed by atoms with van der Waals surface area (Å²) >= 11 is 0. The molecule has 112 valence electrons. The Labute approximate surface area is 125 Å². The second kappa shape index (κ2) is 6.39. The summed E-state index contributed by atoms with van der Waals surface area (Å²) < 4.78 is 1.88. The van der Waals surface area contributed by atoms with Crippen molar-refractivity contribution in [2.75, 3.05) is 6.54 Å². The van der Waals surface area contributed by atoms with Crippen LogP contribution in [0.3, 0.4) is 0 Å². The fraction of sp³-hybridized carbons (Fsp3) is 0.529. The number of benzene rings is 1. The summed E-state index contributed by atoms with van der Waals surface area (Å²) in [5, 5.41) is 3.58. The third kappa shape index (κ3) is 3.00. The zero-order valence-electron chi connectivity index (χ0n) is 12.6. The molecule has 1 fully saturated rings. The number of aromatic nitrogens is 2. The van der Waals surface area contributed by atoms with Crippen molar-refractivity contribution in [1.29, 1.82) is 0 Å². The Morgan fingerprint density at radius 3 is 2.86 bits per heavy atom. The van der Waals surface area contributed by atoms with Crippen LogP contribution in [-0.2, 0) is 6.54 Å². The highest BCUT2D eigenvalue weighted by molar-refractivity contribution is 5.74. The van der Waals surface area contributed by atoms with Crippen LogP contribution in [-0.4, -0.2) is 22.1 Å². The first-order valence-electron chi connectivity index (χ1n) is 7.97. The first-order chi connectivity index (χ1) is 10.3. The highest BCUT2D eigenvalue weighted by atomic mass is 16.1. The van der Waals surface area contributed by atoms with Crippen molar-refractivity contribution in [3.63, 3.8) is 0 Å². The molecule has 21 heavy (non-hydrogen) atoms. The van der Waals surface area contributed by atoms with Crippen molar-refractivity contribution in [3.05, 3.63) is 40.8 Å². The van der Waals surface area contributed by atoms with Crippen LogP contribution in [0, 0.1) is 5.92 Å². The molecule has 1 aliphatic carbocycles. The Kier molecular flexibility index (Phi) is 4.34. The van der Waals surface area contributed by atoms with Crippen LogP contribution in [0.15, 0.2) is 35.3 Å². The Hall–Kier alpha value is -1.68. The fourth-order valence-corrected chi connectivity index (χ4v) is 3.50. The van der Waals surface area contributed by atoms with Crippen LogP contribution in [0.1, 0.15) is 32.6 Å². The highest BCUT2D eigenvalue weighted by Gasteiger charge is 2.25. The average molecular weight is 285 g/mol. The molecule has 1 N–H and O–H groups in total. The first kappa shape index (κ1) is 14.3. The maximum Gasteiger partial charge on any atom is 0.269 e. The summed E-state index contributed by atoms with van der Waals surface area (Å²) in [4.78, 5) is 16.5. The van der Waals surface area contributed by atoms with Gasteiger partial charge in [-0.1, -0.05) is 31.9 Å². The maximum absolute atomic E-state index is 12.3. The molecule has 0 spiro atoms. The lowest BCUT2D eigenvalue weighted by molar-refractivity contribution is 0.327. The van der Waals surface area contributed by atoms with E-state index in [-0.39, 0.29) is 5.56 Å². The minimum absolute atomic E-state index is 0.00500. The summed E-state index contributed by atoms with van der Waals surface area (Å²) in [5.74, 6) is 0.684. The van der Waals surface area contributed by atoms with Crippen LogP contribution >= 0.6 is 0 Å². The molecule has 4 nitrogen and oxygen atoms in total. The Morgan fingerprint density at radius 1 is 1.33 bits per heavy atom. The van der Waals surface area contributed by atoms with Gasteiger partial charge in [-0.25, -0.2) is 4.98 Å². The van der Waals surface area contributed by atoms with E-state index < -0.39 is 0 Å². The standard InChI is InChI=1S/C17H23N3O/c1-2-18-15(13-7-3-4-8-13)12-20-16-10-6-5-9-14(16)19-11-17(20)21/h5-6,9-11,13,15,18H,2-4,7-8,12H2,1H3. The van der Waals surface area contributed by atoms with Gasteiger partial charge in [-0.2, -0.15) is 0 Å². The molecule has 4 heteroatoms. The minimum atomic E-state index is -0.00500. The number of nitrogens with one attached hydrogen (secondary N) is 1. The topological polar surface area (TPSA) is 46.9 Å². The van der Waals surface area contributed by atoms with E-state index in [1.54, 1.807) is 0 Å². The van der Waals surface area contributed by atoms with Gasteiger partial charge < -0.3 is 9.88 Å². The quantitative estimate of drug-likeness (QED) is 0.918. The lowest BCUT2D eigenvalue weighted by Crippen LogP contribution is -2.41. The van der Waals surface area contributed by atoms with E-state index >= 15 is 0 Å². The number of para-hydroxylation sites is 2. The molecule has 1 heterocycles. The first-order valence-corrected chi connectivity index (χ1v) is 7.97. The Bertz CT molecular complexity index is 658. The molecule has 3 rings (SSSR count). The summed E-state index contributed by atoms with van der Waals surface area (Å²) in [6, 6.07) is 8.26. The molecule has 0 bridgehead atoms. The molecule has 1 atom stereocenters. The smallest absolute Gasteiger partial charge is 0.269 e. The van der Waals surface area contributed by atoms with Gasteiger partial charge in [0.2, 0.25) is 0 Å². The van der Waals surface area contributed by atoms with Crippen LogP contribution in [0.2, 0.25) is 0 Å². The predicted molar refractivity (Wildman–Crippen MR) is 85.4 cm³/mol. The van der Waals surface area contributed by atoms with Gasteiger partial charge in [-0.3, -0.25) is 4.79 Å². The normalized spacial score (nSPS) is 17.4. The van der Waals surface area contributed by atoms with E-state index in [4.69, 9.17) is 0 Å². The molecule has 0 amide bonds. The molecular weight excluding hydrogens is 262 g/mol. The van der Waals surface area contributed by atoms with E-state index in [0.29, 0.717) is 12.0 Å². The molecule has 1 aliphatic rings. The van der Waals surface area contributed by atoms with Gasteiger partial charge in [0.15, 0.2) is 0 Å². The van der Waals surface area contributed by atoms with Gasteiger partial charge in [0, 0.05) is 12.6 Å². The average Bonchev–Trinajstić information content (AvgIpc) is 3.03. The Balaban J connectivity index is 1.95. The third-order valence-electron chi connectivity index (χ3n) is 4.57. The van der Waals surface area contributed by atoms with Crippen molar-refractivity contribution in [3.8, 4) is 0 Å². The molecule has 1 unspecified atom stereocenters. The zero-order chi connectivity index (χ0) is 14.7. The van der Waals surface area contributed by atoms with Crippen molar-refractivity contribution < 1.29 is 0 Å². The van der Waals surface area contributed by atoms with Crippen LogP contribution in [0.5, 0.6) is 0 Å². The highest BCUT2D eigenvalue weighted by Crippen LogP contribution is 2.28. The number of fused-ring (bicyclic) bond motifs is 1. The molecule has 1 aromatic carbocycles. The third-order valence-corrected chi connectivity index (χ3v) is 4.57. The van der Waals surface area contributed by atoms with E-state index in [9.17, 15) is 4.79 Å². The van der Waals surface area contributed by atoms with E-state index in [0.717, 1.165) is 24.1 Å². The Morgan fingerprint density at radius 2 is 2.10 bits per heavy atom. The van der Waals surface area contributed by atoms with Crippen LogP contribution in [0.4, 0.5) is 0 Å². The SMILES string of the molecule is CCNC(Cn1c(=O)cnc2ccccc21)C1CCCC1. The lowest BCUT2D eigenvalue weighted by atomic mass is 9.97. The minimum Gasteiger partial charge on any atom is -0.312 e. The van der Waals surface area contributed by atoms with Crippen LogP contribution in [0.25, 0.3) is 11.0 Å². The number of hydrogen-bond acceptors (Lipinski definition) is 3. The zero-order valence-corrected chi connectivity index (χ0v) is 12.6. The lowest BCUT2D eigenvalue weighted by Gasteiger charge is -2.25. The summed E-state index contributed by atoms with van der Waals surface area (Å²) in [7, 11) is 0. The summed E-state index contributed by atoms with van der Waals surface area (Å²) in [6.07, 6.45) is 6.63. The van der Waals surface area contributed by atoms with Gasteiger partial charge in [0.25, 0.3) is 5.56 Å². The van der Waals surface area contributed by atoms with Gasteiger partial charge >= 0.3 is 0 Å². The summed E-state index contributed by atoms with van der Waals surface area (Å²) in [5.41, 5.74) is 1.82. The molecule has 2 aromatic rings. The number of hydrogen-bond donors (Lipinski definition) is 1. The molecule has 1 saturated carbocycles. The van der Waals surface area contributed by atoms with Crippen molar-refractivity contribution in [2.45, 2.75) is 45.2 Å². The largest absolute Gasteiger partial charge is 0.312 e. The van der Waals surface area contributed by atoms with Crippen molar-refractivity contribution in [1.82, 2.24) is 14.9 Å². The molecule has 0 aliphatic heterocycles. The number of likely N-dealkylation sites (N-methyl/N-ethyl adjacent to an activating group) is 1. The number of rotatable bonds is 5. The summed E-state index contributed by atoms with van der Waals surface area (Å²) in [6.45, 7) is 3.81. The molecule has 0 saturated heterocycles. The van der Waals surface area contributed by atoms with E-state index in [2.05, 4.69) is 17.2 Å². The second-order valence-electron chi connectivity index (χ2n) is 5.90. The van der Waals surface area contributed by atoms with Crippen molar-refractivity contribution in [2.24, 2.45) is 5.92 Å². The van der Waals surface area contributed by atoms with Crippen molar-refractivity contribution >= 4 is 11.0 Å². The molecule has 1 aromatic heterocycles. The predicted octanol–water partition coefficient (Wildman–Crippen LogP) is 2.56. The molecule has 0 radical (unpaired) electrons. The van der Waals surface area contributed by atoms with Gasteiger partial charge in [0.05, 0.1) is 17.2 Å². The monoisotopic (exact) mass is 285 g/mol. The maximum atomic E-state index is 12.3.